The zero-order valence-electron chi connectivity index (χ0n) is 9.81. The molecule has 0 fully saturated rings. The van der Waals surface area contributed by atoms with Crippen LogP contribution >= 0.6 is 0 Å². The molecule has 1 unspecified atom stereocenters. The monoisotopic (exact) mass is 236 g/mol. The molecule has 0 aromatic heterocycles. The Labute approximate surface area is 100 Å². The van der Waals surface area contributed by atoms with Gasteiger partial charge < -0.3 is 14.6 Å². The van der Waals surface area contributed by atoms with Gasteiger partial charge in [0.05, 0.1) is 13.7 Å². The van der Waals surface area contributed by atoms with E-state index in [4.69, 9.17) is 14.6 Å². The van der Waals surface area contributed by atoms with E-state index >= 15 is 0 Å². The molecule has 0 saturated heterocycles. The molecule has 4 heteroatoms. The first-order valence-electron chi connectivity index (χ1n) is 5.70. The molecule has 92 valence electrons. The molecule has 0 spiro atoms. The summed E-state index contributed by atoms with van der Waals surface area (Å²) in [5.41, 5.74) is 1.04. The maximum atomic E-state index is 10.7. The van der Waals surface area contributed by atoms with Gasteiger partial charge in [-0.2, -0.15) is 0 Å². The summed E-state index contributed by atoms with van der Waals surface area (Å²) in [5, 5.41) is 8.84. The quantitative estimate of drug-likeness (QED) is 0.873. The molecular weight excluding hydrogens is 220 g/mol. The molecule has 0 aliphatic carbocycles. The van der Waals surface area contributed by atoms with E-state index in [9.17, 15) is 4.79 Å². The van der Waals surface area contributed by atoms with Gasteiger partial charge in [-0.05, 0) is 42.5 Å². The van der Waals surface area contributed by atoms with Crippen LogP contribution in [0.15, 0.2) is 18.2 Å². The third kappa shape index (κ3) is 2.90. The first kappa shape index (κ1) is 11.8. The van der Waals surface area contributed by atoms with Crippen molar-refractivity contribution >= 4 is 5.97 Å². The Hall–Kier alpha value is -1.71. The summed E-state index contributed by atoms with van der Waals surface area (Å²) in [7, 11) is 1.62. The maximum absolute atomic E-state index is 10.7. The van der Waals surface area contributed by atoms with E-state index in [0.29, 0.717) is 6.61 Å². The average Bonchev–Trinajstić information content (AvgIpc) is 2.48. The Balaban J connectivity index is 2.19. The van der Waals surface area contributed by atoms with Gasteiger partial charge in [-0.15, -0.1) is 0 Å². The number of carboxylic acid groups (broad SMARTS) is 1. The zero-order chi connectivity index (χ0) is 12.3. The van der Waals surface area contributed by atoms with Crippen molar-refractivity contribution in [2.24, 2.45) is 5.92 Å². The van der Waals surface area contributed by atoms with Crippen LogP contribution < -0.4 is 9.47 Å². The van der Waals surface area contributed by atoms with Gasteiger partial charge in [-0.25, -0.2) is 0 Å². The minimum absolute atomic E-state index is 0.140. The second-order valence-corrected chi connectivity index (χ2v) is 4.28. The second kappa shape index (κ2) is 5.08. The minimum atomic E-state index is -0.749. The molecule has 1 aliphatic heterocycles. The zero-order valence-corrected chi connectivity index (χ0v) is 9.81. The topological polar surface area (TPSA) is 55.8 Å². The lowest BCUT2D eigenvalue weighted by molar-refractivity contribution is -0.138. The number of ether oxygens (including phenoxy) is 2. The third-order valence-corrected chi connectivity index (χ3v) is 3.02. The van der Waals surface area contributed by atoms with E-state index in [1.807, 2.05) is 18.2 Å². The van der Waals surface area contributed by atoms with E-state index in [-0.39, 0.29) is 12.3 Å². The number of aliphatic carboxylic acids is 1. The molecule has 1 atom stereocenters. The van der Waals surface area contributed by atoms with Gasteiger partial charge in [0.2, 0.25) is 0 Å². The largest absolute Gasteiger partial charge is 0.497 e. The van der Waals surface area contributed by atoms with Crippen molar-refractivity contribution in [1.29, 1.82) is 0 Å². The van der Waals surface area contributed by atoms with Crippen molar-refractivity contribution in [3.05, 3.63) is 23.8 Å². The van der Waals surface area contributed by atoms with Crippen LogP contribution in [0.1, 0.15) is 18.4 Å². The first-order chi connectivity index (χ1) is 8.19. The molecule has 1 aromatic carbocycles. The highest BCUT2D eigenvalue weighted by atomic mass is 16.5. The third-order valence-electron chi connectivity index (χ3n) is 3.02. The van der Waals surface area contributed by atoms with Crippen LogP contribution in [-0.2, 0) is 11.2 Å². The number of carbonyl (C=O) groups is 1. The molecule has 1 heterocycles. The van der Waals surface area contributed by atoms with E-state index in [1.165, 1.54) is 0 Å². The van der Waals surface area contributed by atoms with Crippen LogP contribution in [0.2, 0.25) is 0 Å². The molecule has 1 N–H and O–H groups in total. The van der Waals surface area contributed by atoms with Gasteiger partial charge in [0.15, 0.2) is 0 Å². The summed E-state index contributed by atoms with van der Waals surface area (Å²) in [6.45, 7) is 0.581. The Morgan fingerprint density at radius 3 is 3.12 bits per heavy atom. The van der Waals surface area contributed by atoms with Crippen LogP contribution in [0.25, 0.3) is 0 Å². The molecule has 4 nitrogen and oxygen atoms in total. The fourth-order valence-corrected chi connectivity index (χ4v) is 2.15. The summed E-state index contributed by atoms with van der Waals surface area (Å²) < 4.78 is 10.8. The molecular formula is C13H16O4. The molecule has 2 rings (SSSR count). The van der Waals surface area contributed by atoms with Gasteiger partial charge in [-0.1, -0.05) is 0 Å². The van der Waals surface area contributed by atoms with Crippen LogP contribution in [0.4, 0.5) is 0 Å². The number of methoxy groups -OCH3 is 1. The van der Waals surface area contributed by atoms with E-state index in [2.05, 4.69) is 0 Å². The molecule has 1 aromatic rings. The fraction of sp³-hybridized carbons (Fsp3) is 0.462. The summed E-state index contributed by atoms with van der Waals surface area (Å²) in [6.07, 6.45) is 1.71. The number of hydrogen-bond acceptors (Lipinski definition) is 3. The van der Waals surface area contributed by atoms with Gasteiger partial charge in [0.1, 0.15) is 11.5 Å². The number of rotatable bonds is 3. The summed E-state index contributed by atoms with van der Waals surface area (Å²) >= 11 is 0. The van der Waals surface area contributed by atoms with Crippen molar-refractivity contribution in [3.63, 3.8) is 0 Å². The van der Waals surface area contributed by atoms with Crippen LogP contribution in [-0.4, -0.2) is 24.8 Å². The van der Waals surface area contributed by atoms with Crippen LogP contribution in [0.3, 0.4) is 0 Å². The Morgan fingerprint density at radius 1 is 1.59 bits per heavy atom. The summed E-state index contributed by atoms with van der Waals surface area (Å²) in [6, 6.07) is 5.67. The van der Waals surface area contributed by atoms with Crippen molar-refractivity contribution in [2.75, 3.05) is 13.7 Å². The average molecular weight is 236 g/mol. The lowest BCUT2D eigenvalue weighted by Gasteiger charge is -2.11. The molecule has 0 bridgehead atoms. The van der Waals surface area contributed by atoms with Gasteiger partial charge in [0, 0.05) is 6.42 Å². The molecule has 0 radical (unpaired) electrons. The second-order valence-electron chi connectivity index (χ2n) is 4.28. The van der Waals surface area contributed by atoms with Gasteiger partial charge in [0.25, 0.3) is 0 Å². The molecule has 17 heavy (non-hydrogen) atoms. The SMILES string of the molecule is COc1ccc2c(c1)CC(CC(=O)O)CCO2. The first-order valence-corrected chi connectivity index (χ1v) is 5.70. The Bertz CT molecular complexity index is 414. The molecule has 0 saturated carbocycles. The summed E-state index contributed by atoms with van der Waals surface area (Å²) in [5.74, 6) is 1.02. The molecule has 0 amide bonds. The van der Waals surface area contributed by atoms with Crippen LogP contribution in [0, 0.1) is 5.92 Å². The van der Waals surface area contributed by atoms with Crippen LogP contribution in [0.5, 0.6) is 11.5 Å². The van der Waals surface area contributed by atoms with Crippen molar-refractivity contribution in [1.82, 2.24) is 0 Å². The Kier molecular flexibility index (Phi) is 3.52. The van der Waals surface area contributed by atoms with Crippen molar-refractivity contribution < 1.29 is 19.4 Å². The number of carboxylic acids is 1. The fourth-order valence-electron chi connectivity index (χ4n) is 2.15. The van der Waals surface area contributed by atoms with Crippen molar-refractivity contribution in [2.45, 2.75) is 19.3 Å². The standard InChI is InChI=1S/C13H16O4/c1-16-11-2-3-12-10(8-11)6-9(4-5-17-12)7-13(14)15/h2-3,8-9H,4-7H2,1H3,(H,14,15). The highest BCUT2D eigenvalue weighted by Gasteiger charge is 2.20. The van der Waals surface area contributed by atoms with Crippen molar-refractivity contribution in [3.8, 4) is 11.5 Å². The predicted octanol–water partition coefficient (Wildman–Crippen LogP) is 2.11. The van der Waals surface area contributed by atoms with E-state index in [1.54, 1.807) is 7.11 Å². The predicted molar refractivity (Wildman–Crippen MR) is 62.6 cm³/mol. The summed E-state index contributed by atoms with van der Waals surface area (Å²) in [4.78, 5) is 10.7. The van der Waals surface area contributed by atoms with E-state index < -0.39 is 5.97 Å². The lowest BCUT2D eigenvalue weighted by Crippen LogP contribution is -2.11. The highest BCUT2D eigenvalue weighted by molar-refractivity contribution is 5.67. The smallest absolute Gasteiger partial charge is 0.303 e. The van der Waals surface area contributed by atoms with Gasteiger partial charge in [-0.3, -0.25) is 4.79 Å². The Morgan fingerprint density at radius 2 is 2.41 bits per heavy atom. The number of hydrogen-bond donors (Lipinski definition) is 1. The lowest BCUT2D eigenvalue weighted by atomic mass is 9.94. The number of fused-ring (bicyclic) bond motifs is 1. The minimum Gasteiger partial charge on any atom is -0.497 e. The van der Waals surface area contributed by atoms with Gasteiger partial charge >= 0.3 is 5.97 Å². The normalized spacial score (nSPS) is 18.8. The number of benzene rings is 1. The van der Waals surface area contributed by atoms with E-state index in [0.717, 1.165) is 29.9 Å². The molecule has 1 aliphatic rings. The highest BCUT2D eigenvalue weighted by Crippen LogP contribution is 2.31. The maximum Gasteiger partial charge on any atom is 0.303 e.